The van der Waals surface area contributed by atoms with Crippen LogP contribution < -0.4 is 5.32 Å². The zero-order chi connectivity index (χ0) is 16.8. The second kappa shape index (κ2) is 8.53. The van der Waals surface area contributed by atoms with E-state index >= 15 is 0 Å². The van der Waals surface area contributed by atoms with Crippen LogP contribution in [0.25, 0.3) is 0 Å². The second-order valence-corrected chi connectivity index (χ2v) is 7.59. The van der Waals surface area contributed by atoms with Crippen molar-refractivity contribution in [3.63, 3.8) is 0 Å². The van der Waals surface area contributed by atoms with Crippen LogP contribution in [0.5, 0.6) is 0 Å². The first-order valence-corrected chi connectivity index (χ1v) is 8.88. The van der Waals surface area contributed by atoms with Crippen molar-refractivity contribution in [3.05, 3.63) is 21.9 Å². The van der Waals surface area contributed by atoms with Crippen LogP contribution >= 0.6 is 11.3 Å². The fraction of sp³-hybridized carbons (Fsp3) is 0.706. The molecule has 0 spiro atoms. The Kier molecular flexibility index (Phi) is 7.36. The summed E-state index contributed by atoms with van der Waals surface area (Å²) in [7, 11) is 0. The maximum absolute atomic E-state index is 12.1. The lowest BCUT2D eigenvalue weighted by molar-refractivity contribution is 0.0261. The second-order valence-electron chi connectivity index (χ2n) is 6.39. The van der Waals surface area contributed by atoms with Crippen LogP contribution in [0.4, 0.5) is 4.79 Å². The molecule has 0 aliphatic heterocycles. The van der Waals surface area contributed by atoms with Gasteiger partial charge in [0.05, 0.1) is 0 Å². The number of carbonyl (C=O) groups excluding carboxylic acids is 1. The Labute approximate surface area is 138 Å². The monoisotopic (exact) mass is 326 g/mol. The summed E-state index contributed by atoms with van der Waals surface area (Å²) in [6.45, 7) is 14.0. The Morgan fingerprint density at radius 1 is 1.36 bits per heavy atom. The zero-order valence-corrected chi connectivity index (χ0v) is 15.5. The maximum Gasteiger partial charge on any atom is 0.410 e. The number of ether oxygens (including phenoxy) is 1. The van der Waals surface area contributed by atoms with Crippen molar-refractivity contribution < 1.29 is 9.53 Å². The maximum atomic E-state index is 12.1. The summed E-state index contributed by atoms with van der Waals surface area (Å²) < 4.78 is 5.41. The molecule has 0 bridgehead atoms. The van der Waals surface area contributed by atoms with E-state index in [0.717, 1.165) is 13.0 Å². The van der Waals surface area contributed by atoms with Gasteiger partial charge in [0.2, 0.25) is 0 Å². The van der Waals surface area contributed by atoms with Gasteiger partial charge >= 0.3 is 6.09 Å². The molecule has 1 amide bonds. The third kappa shape index (κ3) is 6.36. The van der Waals surface area contributed by atoms with E-state index in [4.69, 9.17) is 4.74 Å². The minimum atomic E-state index is -0.446. The van der Waals surface area contributed by atoms with Gasteiger partial charge in [0.15, 0.2) is 0 Å². The van der Waals surface area contributed by atoms with Gasteiger partial charge in [-0.2, -0.15) is 0 Å². The Morgan fingerprint density at radius 2 is 2.05 bits per heavy atom. The normalized spacial score (nSPS) is 13.0. The van der Waals surface area contributed by atoms with Crippen LogP contribution in [0.1, 0.15) is 57.3 Å². The highest BCUT2D eigenvalue weighted by Gasteiger charge is 2.20. The fourth-order valence-electron chi connectivity index (χ4n) is 2.04. The lowest BCUT2D eigenvalue weighted by Gasteiger charge is -2.27. The van der Waals surface area contributed by atoms with Crippen molar-refractivity contribution in [2.75, 3.05) is 19.6 Å². The quantitative estimate of drug-likeness (QED) is 0.816. The molecule has 1 unspecified atom stereocenters. The number of carbonyl (C=O) groups is 1. The van der Waals surface area contributed by atoms with Gasteiger partial charge < -0.3 is 15.0 Å². The van der Waals surface area contributed by atoms with Crippen molar-refractivity contribution in [2.24, 2.45) is 0 Å². The van der Waals surface area contributed by atoms with Crippen molar-refractivity contribution in [2.45, 2.75) is 59.6 Å². The molecule has 0 aliphatic rings. The minimum absolute atomic E-state index is 0.242. The highest BCUT2D eigenvalue weighted by molar-refractivity contribution is 7.12. The van der Waals surface area contributed by atoms with E-state index in [1.807, 2.05) is 39.0 Å². The molecule has 1 aromatic heterocycles. The topological polar surface area (TPSA) is 41.6 Å². The lowest BCUT2D eigenvalue weighted by Crippen LogP contribution is -2.40. The van der Waals surface area contributed by atoms with Crippen LogP contribution in [0, 0.1) is 0 Å². The Balaban J connectivity index is 2.41. The molecule has 4 nitrogen and oxygen atoms in total. The number of thiophene rings is 1. The van der Waals surface area contributed by atoms with Crippen LogP contribution in [0.3, 0.4) is 0 Å². The SMILES string of the molecule is CCc1ccc(C(C)NCCN(CC)C(=O)OC(C)(C)C)s1. The van der Waals surface area contributed by atoms with Gasteiger partial charge in [0.1, 0.15) is 5.60 Å². The smallest absolute Gasteiger partial charge is 0.410 e. The summed E-state index contributed by atoms with van der Waals surface area (Å²) in [5.41, 5.74) is -0.446. The molecule has 1 N–H and O–H groups in total. The predicted molar refractivity (Wildman–Crippen MR) is 93.6 cm³/mol. The number of likely N-dealkylation sites (N-methyl/N-ethyl adjacent to an activating group) is 1. The molecule has 5 heteroatoms. The van der Waals surface area contributed by atoms with E-state index in [-0.39, 0.29) is 6.09 Å². The van der Waals surface area contributed by atoms with Gasteiger partial charge in [-0.15, -0.1) is 11.3 Å². The third-order valence-electron chi connectivity index (χ3n) is 3.32. The first-order chi connectivity index (χ1) is 10.3. The van der Waals surface area contributed by atoms with Crippen LogP contribution in [0.2, 0.25) is 0 Å². The number of amides is 1. The molecule has 0 aromatic carbocycles. The van der Waals surface area contributed by atoms with Crippen molar-refractivity contribution in [1.82, 2.24) is 10.2 Å². The molecule has 1 heterocycles. The molecule has 1 rings (SSSR count). The summed E-state index contributed by atoms with van der Waals surface area (Å²) in [6.07, 6.45) is 0.841. The summed E-state index contributed by atoms with van der Waals surface area (Å²) in [4.78, 5) is 16.5. The van der Waals surface area contributed by atoms with Gasteiger partial charge in [-0.1, -0.05) is 6.92 Å². The van der Waals surface area contributed by atoms with Crippen LogP contribution in [0.15, 0.2) is 12.1 Å². The Bertz CT molecular complexity index is 465. The van der Waals surface area contributed by atoms with Gasteiger partial charge in [-0.3, -0.25) is 0 Å². The van der Waals surface area contributed by atoms with Gasteiger partial charge in [-0.25, -0.2) is 4.79 Å². The number of hydrogen-bond donors (Lipinski definition) is 1. The van der Waals surface area contributed by atoms with E-state index in [2.05, 4.69) is 31.3 Å². The third-order valence-corrected chi connectivity index (χ3v) is 4.74. The first kappa shape index (κ1) is 19.0. The molecule has 0 saturated heterocycles. The highest BCUT2D eigenvalue weighted by atomic mass is 32.1. The van der Waals surface area contributed by atoms with Crippen LogP contribution in [-0.2, 0) is 11.2 Å². The average Bonchev–Trinajstić information content (AvgIpc) is 2.90. The number of nitrogens with zero attached hydrogens (tertiary/aromatic N) is 1. The number of hydrogen-bond acceptors (Lipinski definition) is 4. The van der Waals surface area contributed by atoms with Crippen molar-refractivity contribution >= 4 is 17.4 Å². The summed E-state index contributed by atoms with van der Waals surface area (Å²) in [5, 5.41) is 3.48. The summed E-state index contributed by atoms with van der Waals surface area (Å²) in [6, 6.07) is 4.69. The van der Waals surface area contributed by atoms with E-state index in [0.29, 0.717) is 19.1 Å². The molecule has 126 valence electrons. The molecule has 0 saturated carbocycles. The van der Waals surface area contributed by atoms with E-state index in [1.165, 1.54) is 9.75 Å². The Morgan fingerprint density at radius 3 is 2.55 bits per heavy atom. The highest BCUT2D eigenvalue weighted by Crippen LogP contribution is 2.23. The first-order valence-electron chi connectivity index (χ1n) is 8.06. The summed E-state index contributed by atoms with van der Waals surface area (Å²) >= 11 is 1.85. The van der Waals surface area contributed by atoms with E-state index < -0.39 is 5.60 Å². The van der Waals surface area contributed by atoms with E-state index in [1.54, 1.807) is 4.90 Å². The number of aryl methyl sites for hydroxylation is 1. The Hall–Kier alpha value is -1.07. The van der Waals surface area contributed by atoms with Gasteiger partial charge in [0.25, 0.3) is 0 Å². The van der Waals surface area contributed by atoms with E-state index in [9.17, 15) is 4.79 Å². The molecule has 22 heavy (non-hydrogen) atoms. The van der Waals surface area contributed by atoms with Gasteiger partial charge in [0, 0.05) is 35.4 Å². The molecule has 0 aliphatic carbocycles. The van der Waals surface area contributed by atoms with Crippen molar-refractivity contribution in [1.29, 1.82) is 0 Å². The molecule has 1 aromatic rings. The van der Waals surface area contributed by atoms with Gasteiger partial charge in [-0.05, 0) is 53.2 Å². The van der Waals surface area contributed by atoms with Crippen molar-refractivity contribution in [3.8, 4) is 0 Å². The lowest BCUT2D eigenvalue weighted by atomic mass is 10.2. The fourth-order valence-corrected chi connectivity index (χ4v) is 3.02. The summed E-state index contributed by atoms with van der Waals surface area (Å²) in [5.74, 6) is 0. The average molecular weight is 327 g/mol. The molecule has 1 atom stereocenters. The largest absolute Gasteiger partial charge is 0.444 e. The zero-order valence-electron chi connectivity index (χ0n) is 14.7. The number of nitrogens with one attached hydrogen (secondary N) is 1. The minimum Gasteiger partial charge on any atom is -0.444 e. The molecular formula is C17H30N2O2S. The molecule has 0 radical (unpaired) electrons. The molecule has 0 fully saturated rings. The molecular weight excluding hydrogens is 296 g/mol. The predicted octanol–water partition coefficient (Wildman–Crippen LogP) is 4.22. The number of rotatable bonds is 7. The standard InChI is InChI=1S/C17H30N2O2S/c1-7-14-9-10-15(22-14)13(3)18-11-12-19(8-2)16(20)21-17(4,5)6/h9-10,13,18H,7-8,11-12H2,1-6H3. The van der Waals surface area contributed by atoms with Crippen LogP contribution in [-0.4, -0.2) is 36.2 Å².